The number of nitrogens with one attached hydrogen (secondary N) is 2. The fourth-order valence-corrected chi connectivity index (χ4v) is 6.15. The number of hydrogen-bond donors (Lipinski definition) is 2. The van der Waals surface area contributed by atoms with Crippen LogP contribution in [0.25, 0.3) is 22.0 Å². The molecule has 40 heavy (non-hydrogen) atoms. The molecule has 0 unspecified atom stereocenters. The predicted molar refractivity (Wildman–Crippen MR) is 161 cm³/mol. The molecule has 0 amide bonds. The third-order valence-corrected chi connectivity index (χ3v) is 8.39. The van der Waals surface area contributed by atoms with E-state index in [4.69, 9.17) is 0 Å². The minimum atomic E-state index is -4.35. The number of halogens is 3. The van der Waals surface area contributed by atoms with Crippen molar-refractivity contribution in [3.05, 3.63) is 84.6 Å². The second kappa shape index (κ2) is 13.4. The summed E-state index contributed by atoms with van der Waals surface area (Å²) >= 11 is 1.69. The van der Waals surface area contributed by atoms with Gasteiger partial charge in [-0.3, -0.25) is 4.98 Å². The number of benzene rings is 3. The first kappa shape index (κ1) is 28.3. The molecule has 1 aliphatic rings. The van der Waals surface area contributed by atoms with Crippen molar-refractivity contribution in [3.63, 3.8) is 0 Å². The highest BCUT2D eigenvalue weighted by atomic mass is 32.2. The second-order valence-corrected chi connectivity index (χ2v) is 11.2. The van der Waals surface area contributed by atoms with Gasteiger partial charge in [0.2, 0.25) is 0 Å². The van der Waals surface area contributed by atoms with Gasteiger partial charge in [0.1, 0.15) is 0 Å². The Morgan fingerprint density at radius 3 is 2.48 bits per heavy atom. The smallest absolute Gasteiger partial charge is 0.385 e. The highest BCUT2D eigenvalue weighted by Crippen LogP contribution is 2.35. The fourth-order valence-electron chi connectivity index (χ4n) is 5.10. The lowest BCUT2D eigenvalue weighted by molar-refractivity contribution is -0.137. The van der Waals surface area contributed by atoms with Crippen LogP contribution >= 0.6 is 11.8 Å². The normalized spacial score (nSPS) is 14.0. The van der Waals surface area contributed by atoms with Crippen molar-refractivity contribution in [2.75, 3.05) is 48.7 Å². The summed E-state index contributed by atoms with van der Waals surface area (Å²) in [5.41, 5.74) is 4.67. The van der Waals surface area contributed by atoms with E-state index in [1.807, 2.05) is 6.07 Å². The molecule has 0 radical (unpaired) electrons. The number of alkyl halides is 3. The van der Waals surface area contributed by atoms with E-state index in [0.717, 1.165) is 92.3 Å². The zero-order valence-corrected chi connectivity index (χ0v) is 23.3. The lowest BCUT2D eigenvalue weighted by Gasteiger charge is -2.31. The molecule has 1 fully saturated rings. The summed E-state index contributed by atoms with van der Waals surface area (Å²) in [6.07, 6.45) is 1.63. The Labute approximate surface area is 238 Å². The van der Waals surface area contributed by atoms with Crippen LogP contribution in [-0.4, -0.2) is 43.5 Å². The number of fused-ring (bicyclic) bond motifs is 1. The van der Waals surface area contributed by atoms with Crippen LogP contribution in [-0.2, 0) is 6.18 Å². The zero-order chi connectivity index (χ0) is 27.8. The van der Waals surface area contributed by atoms with E-state index in [9.17, 15) is 13.2 Å². The Kier molecular flexibility index (Phi) is 9.49. The van der Waals surface area contributed by atoms with Crippen molar-refractivity contribution >= 4 is 34.0 Å². The molecule has 1 saturated heterocycles. The predicted octanol–water partition coefficient (Wildman–Crippen LogP) is 8.09. The first-order valence-electron chi connectivity index (χ1n) is 14.0. The van der Waals surface area contributed by atoms with Crippen molar-refractivity contribution in [3.8, 4) is 11.1 Å². The first-order valence-corrected chi connectivity index (χ1v) is 15.0. The van der Waals surface area contributed by atoms with Crippen LogP contribution in [0.1, 0.15) is 31.2 Å². The van der Waals surface area contributed by atoms with Crippen LogP contribution < -0.4 is 15.5 Å². The molecule has 4 aromatic rings. The van der Waals surface area contributed by atoms with Gasteiger partial charge >= 0.3 is 6.18 Å². The average Bonchev–Trinajstić information content (AvgIpc) is 2.98. The summed E-state index contributed by atoms with van der Waals surface area (Å²) in [5.74, 6) is 0.932. The third-order valence-electron chi connectivity index (χ3n) is 7.23. The van der Waals surface area contributed by atoms with Crippen molar-refractivity contribution in [2.45, 2.75) is 36.8 Å². The summed E-state index contributed by atoms with van der Waals surface area (Å²) < 4.78 is 39.1. The molecule has 8 heteroatoms. The van der Waals surface area contributed by atoms with Crippen molar-refractivity contribution in [1.82, 2.24) is 10.3 Å². The molecule has 0 atom stereocenters. The highest BCUT2D eigenvalue weighted by molar-refractivity contribution is 7.99. The van der Waals surface area contributed by atoms with Crippen LogP contribution in [0.15, 0.2) is 83.9 Å². The Morgan fingerprint density at radius 2 is 1.68 bits per heavy atom. The largest absolute Gasteiger partial charge is 0.416 e. The molecule has 210 valence electrons. The Balaban J connectivity index is 1.08. The molecule has 3 aromatic carbocycles. The standard InChI is InChI=1S/C32H35F3N4S/c33-32(34,35)25-10-12-27-29(22-25)38-16-14-31(27)40-21-7-2-1-6-15-37-26-11-13-30(39-19-17-36-18-20-39)28(23-26)24-8-4-3-5-9-24/h3-5,8-14,16,22-23,36-37H,1-2,6-7,15,17-21H2. The van der Waals surface area contributed by atoms with Crippen LogP contribution in [0.5, 0.6) is 0 Å². The number of hydrogen-bond acceptors (Lipinski definition) is 5. The maximum atomic E-state index is 13.0. The number of anilines is 2. The Bertz CT molecular complexity index is 1390. The van der Waals surface area contributed by atoms with Crippen LogP contribution in [0.2, 0.25) is 0 Å². The van der Waals surface area contributed by atoms with Gasteiger partial charge in [0.15, 0.2) is 0 Å². The summed E-state index contributed by atoms with van der Waals surface area (Å²) in [5, 5.41) is 7.83. The molecular formula is C32H35F3N4S. The minimum Gasteiger partial charge on any atom is -0.385 e. The Hall–Kier alpha value is -3.23. The number of nitrogens with zero attached hydrogens (tertiary/aromatic N) is 2. The van der Waals surface area contributed by atoms with Gasteiger partial charge in [0.25, 0.3) is 0 Å². The van der Waals surface area contributed by atoms with Gasteiger partial charge in [-0.05, 0) is 60.6 Å². The number of thioether (sulfide) groups is 1. The molecule has 5 rings (SSSR count). The van der Waals surface area contributed by atoms with Gasteiger partial charge in [-0.25, -0.2) is 0 Å². The molecule has 1 aromatic heterocycles. The number of pyridine rings is 1. The summed E-state index contributed by atoms with van der Waals surface area (Å²) in [7, 11) is 0. The molecule has 1 aliphatic heterocycles. The van der Waals surface area contributed by atoms with E-state index >= 15 is 0 Å². The molecule has 0 spiro atoms. The van der Waals surface area contributed by atoms with Gasteiger partial charge in [-0.2, -0.15) is 13.2 Å². The van der Waals surface area contributed by atoms with Crippen LogP contribution in [0.3, 0.4) is 0 Å². The number of unbranched alkanes of at least 4 members (excludes halogenated alkanes) is 3. The average molecular weight is 565 g/mol. The molecule has 4 nitrogen and oxygen atoms in total. The van der Waals surface area contributed by atoms with E-state index in [-0.39, 0.29) is 0 Å². The summed E-state index contributed by atoms with van der Waals surface area (Å²) in [6, 6.07) is 23.0. The quantitative estimate of drug-likeness (QED) is 0.142. The number of aromatic nitrogens is 1. The van der Waals surface area contributed by atoms with Crippen molar-refractivity contribution < 1.29 is 13.2 Å². The van der Waals surface area contributed by atoms with Gasteiger partial charge < -0.3 is 15.5 Å². The monoisotopic (exact) mass is 564 g/mol. The van der Waals surface area contributed by atoms with E-state index < -0.39 is 11.7 Å². The molecule has 0 saturated carbocycles. The summed E-state index contributed by atoms with van der Waals surface area (Å²) in [6.45, 7) is 4.97. The van der Waals surface area contributed by atoms with E-state index in [0.29, 0.717) is 5.52 Å². The maximum Gasteiger partial charge on any atom is 0.416 e. The molecule has 0 bridgehead atoms. The second-order valence-electron chi connectivity index (χ2n) is 10.1. The molecule has 2 N–H and O–H groups in total. The van der Waals surface area contributed by atoms with Crippen molar-refractivity contribution in [2.24, 2.45) is 0 Å². The zero-order valence-electron chi connectivity index (χ0n) is 22.5. The third kappa shape index (κ3) is 7.29. The minimum absolute atomic E-state index is 0.391. The topological polar surface area (TPSA) is 40.2 Å². The van der Waals surface area contributed by atoms with E-state index in [2.05, 4.69) is 69.0 Å². The maximum absolute atomic E-state index is 13.0. The fraction of sp³-hybridized carbons (Fsp3) is 0.344. The molecule has 2 heterocycles. The van der Waals surface area contributed by atoms with Gasteiger partial charge in [-0.1, -0.05) is 49.2 Å². The van der Waals surface area contributed by atoms with Crippen molar-refractivity contribution in [1.29, 1.82) is 0 Å². The Morgan fingerprint density at radius 1 is 0.875 bits per heavy atom. The van der Waals surface area contributed by atoms with E-state index in [1.54, 1.807) is 24.0 Å². The molecular weight excluding hydrogens is 529 g/mol. The lowest BCUT2D eigenvalue weighted by Crippen LogP contribution is -2.43. The lowest BCUT2D eigenvalue weighted by atomic mass is 10.0. The van der Waals surface area contributed by atoms with Gasteiger partial charge in [-0.15, -0.1) is 11.8 Å². The molecule has 0 aliphatic carbocycles. The summed E-state index contributed by atoms with van der Waals surface area (Å²) in [4.78, 5) is 7.60. The van der Waals surface area contributed by atoms with Crippen LogP contribution in [0.4, 0.5) is 24.5 Å². The first-order chi connectivity index (χ1) is 19.5. The number of piperazine rings is 1. The van der Waals surface area contributed by atoms with Gasteiger partial charge in [0, 0.05) is 66.1 Å². The highest BCUT2D eigenvalue weighted by Gasteiger charge is 2.30. The number of rotatable bonds is 11. The van der Waals surface area contributed by atoms with Gasteiger partial charge in [0.05, 0.1) is 11.1 Å². The SMILES string of the molecule is FC(F)(F)c1ccc2c(SCCCCCCNc3ccc(N4CCNCC4)c(-c4ccccc4)c3)ccnc2c1. The van der Waals surface area contributed by atoms with Crippen LogP contribution in [0, 0.1) is 0 Å². The van der Waals surface area contributed by atoms with E-state index in [1.165, 1.54) is 16.8 Å².